The number of alkyl halides is 1. The minimum absolute atomic E-state index is 0.277. The van der Waals surface area contributed by atoms with Gasteiger partial charge in [-0.15, -0.1) is 0 Å². The molecule has 2 aromatic rings. The molecular formula is C17H17BrO. The Hall–Kier alpha value is -1.12. The molecule has 0 unspecified atom stereocenters. The van der Waals surface area contributed by atoms with E-state index in [9.17, 15) is 0 Å². The Morgan fingerprint density at radius 3 is 1.89 bits per heavy atom. The molecule has 1 aliphatic heterocycles. The maximum atomic E-state index is 6.42. The summed E-state index contributed by atoms with van der Waals surface area (Å²) >= 11 is 3.55. The molecule has 19 heavy (non-hydrogen) atoms. The lowest BCUT2D eigenvalue weighted by Gasteiger charge is -2.30. The Kier molecular flexibility index (Phi) is 3.72. The molecule has 0 radical (unpaired) electrons. The first-order valence-electron chi connectivity index (χ1n) is 6.70. The van der Waals surface area contributed by atoms with Crippen LogP contribution >= 0.6 is 15.9 Å². The van der Waals surface area contributed by atoms with Crippen molar-refractivity contribution in [3.63, 3.8) is 0 Å². The standard InChI is InChI=1S/C17H17BrO/c18-13-16-11-12-17(19-16,14-7-3-1-4-8-14)15-9-5-2-6-10-15/h1-10,16H,11-13H2/t16-/m1/s1. The fraction of sp³-hybridized carbons (Fsp3) is 0.294. The van der Waals surface area contributed by atoms with Crippen LogP contribution in [-0.4, -0.2) is 11.4 Å². The summed E-state index contributed by atoms with van der Waals surface area (Å²) in [6.45, 7) is 0. The second-order valence-electron chi connectivity index (χ2n) is 4.99. The topological polar surface area (TPSA) is 9.23 Å². The quantitative estimate of drug-likeness (QED) is 0.757. The molecule has 98 valence electrons. The molecule has 1 aliphatic rings. The molecule has 1 nitrogen and oxygen atoms in total. The van der Waals surface area contributed by atoms with Gasteiger partial charge in [0, 0.05) is 5.33 Å². The SMILES string of the molecule is BrC[C@H]1CCC(c2ccccc2)(c2ccccc2)O1. The predicted octanol–water partition coefficient (Wildman–Crippen LogP) is 4.50. The van der Waals surface area contributed by atoms with Gasteiger partial charge >= 0.3 is 0 Å². The molecule has 0 aliphatic carbocycles. The van der Waals surface area contributed by atoms with E-state index in [4.69, 9.17) is 4.74 Å². The lowest BCUT2D eigenvalue weighted by atomic mass is 9.84. The highest BCUT2D eigenvalue weighted by atomic mass is 79.9. The molecule has 0 N–H and O–H groups in total. The molecule has 1 heterocycles. The molecule has 2 heteroatoms. The monoisotopic (exact) mass is 316 g/mol. The number of halogens is 1. The van der Waals surface area contributed by atoms with Crippen molar-refractivity contribution in [1.82, 2.24) is 0 Å². The van der Waals surface area contributed by atoms with E-state index in [1.165, 1.54) is 11.1 Å². The van der Waals surface area contributed by atoms with Crippen LogP contribution in [0, 0.1) is 0 Å². The van der Waals surface area contributed by atoms with Crippen molar-refractivity contribution in [3.05, 3.63) is 71.8 Å². The van der Waals surface area contributed by atoms with E-state index in [-0.39, 0.29) is 5.60 Å². The van der Waals surface area contributed by atoms with Crippen LogP contribution in [0.15, 0.2) is 60.7 Å². The summed E-state index contributed by atoms with van der Waals surface area (Å²) < 4.78 is 6.42. The van der Waals surface area contributed by atoms with E-state index >= 15 is 0 Å². The number of rotatable bonds is 3. The molecule has 0 bridgehead atoms. The molecule has 0 spiro atoms. The summed E-state index contributed by atoms with van der Waals surface area (Å²) in [6.07, 6.45) is 2.42. The van der Waals surface area contributed by atoms with E-state index in [2.05, 4.69) is 76.6 Å². The van der Waals surface area contributed by atoms with Crippen LogP contribution in [0.2, 0.25) is 0 Å². The number of benzene rings is 2. The molecule has 2 aromatic carbocycles. The molecule has 0 amide bonds. The third-order valence-corrected chi connectivity index (χ3v) is 4.56. The van der Waals surface area contributed by atoms with Crippen molar-refractivity contribution in [1.29, 1.82) is 0 Å². The zero-order chi connectivity index (χ0) is 13.1. The van der Waals surface area contributed by atoms with Gasteiger partial charge in [0.2, 0.25) is 0 Å². The second-order valence-corrected chi connectivity index (χ2v) is 5.64. The predicted molar refractivity (Wildman–Crippen MR) is 81.6 cm³/mol. The van der Waals surface area contributed by atoms with E-state index in [1.54, 1.807) is 0 Å². The molecule has 3 rings (SSSR count). The van der Waals surface area contributed by atoms with Gasteiger partial charge < -0.3 is 4.74 Å². The van der Waals surface area contributed by atoms with Gasteiger partial charge in [-0.05, 0) is 24.0 Å². The van der Waals surface area contributed by atoms with Crippen molar-refractivity contribution in [3.8, 4) is 0 Å². The van der Waals surface area contributed by atoms with Gasteiger partial charge in [-0.1, -0.05) is 76.6 Å². The Morgan fingerprint density at radius 1 is 0.947 bits per heavy atom. The van der Waals surface area contributed by atoms with E-state index in [0.29, 0.717) is 6.10 Å². The lowest BCUT2D eigenvalue weighted by molar-refractivity contribution is -0.00551. The van der Waals surface area contributed by atoms with Crippen LogP contribution < -0.4 is 0 Å². The summed E-state index contributed by atoms with van der Waals surface area (Å²) in [5.41, 5.74) is 2.23. The van der Waals surface area contributed by atoms with Crippen molar-refractivity contribution in [2.45, 2.75) is 24.5 Å². The van der Waals surface area contributed by atoms with Crippen LogP contribution in [-0.2, 0) is 10.3 Å². The molecular weight excluding hydrogens is 300 g/mol. The summed E-state index contributed by atoms with van der Waals surface area (Å²) in [4.78, 5) is 0. The molecule has 1 fully saturated rings. The van der Waals surface area contributed by atoms with Crippen LogP contribution in [0.3, 0.4) is 0 Å². The zero-order valence-electron chi connectivity index (χ0n) is 10.8. The number of ether oxygens (including phenoxy) is 1. The number of hydrogen-bond acceptors (Lipinski definition) is 1. The fourth-order valence-corrected chi connectivity index (χ4v) is 3.34. The van der Waals surface area contributed by atoms with Crippen LogP contribution in [0.5, 0.6) is 0 Å². The average Bonchev–Trinajstić information content (AvgIpc) is 2.95. The third kappa shape index (κ3) is 2.35. The van der Waals surface area contributed by atoms with Gasteiger partial charge in [0.05, 0.1) is 6.10 Å². The van der Waals surface area contributed by atoms with Gasteiger partial charge in [0.1, 0.15) is 5.60 Å². The Balaban J connectivity index is 2.07. The highest BCUT2D eigenvalue weighted by molar-refractivity contribution is 9.09. The minimum atomic E-state index is -0.277. The van der Waals surface area contributed by atoms with Gasteiger partial charge in [0.25, 0.3) is 0 Å². The van der Waals surface area contributed by atoms with Crippen LogP contribution in [0.1, 0.15) is 24.0 Å². The Labute approximate surface area is 122 Å². The first-order valence-corrected chi connectivity index (χ1v) is 7.82. The van der Waals surface area contributed by atoms with Crippen LogP contribution in [0.25, 0.3) is 0 Å². The van der Waals surface area contributed by atoms with Crippen molar-refractivity contribution < 1.29 is 4.74 Å². The summed E-state index contributed by atoms with van der Waals surface area (Å²) in [6, 6.07) is 21.1. The van der Waals surface area contributed by atoms with E-state index in [1.807, 2.05) is 0 Å². The summed E-state index contributed by atoms with van der Waals surface area (Å²) in [7, 11) is 0. The maximum Gasteiger partial charge on any atom is 0.119 e. The highest BCUT2D eigenvalue weighted by Gasteiger charge is 2.42. The summed E-state index contributed by atoms with van der Waals surface area (Å²) in [5.74, 6) is 0. The molecule has 1 saturated heterocycles. The smallest absolute Gasteiger partial charge is 0.119 e. The van der Waals surface area contributed by atoms with E-state index < -0.39 is 0 Å². The first-order chi connectivity index (χ1) is 9.35. The Morgan fingerprint density at radius 2 is 1.47 bits per heavy atom. The first kappa shape index (κ1) is 12.9. The lowest BCUT2D eigenvalue weighted by Crippen LogP contribution is -2.28. The van der Waals surface area contributed by atoms with Gasteiger partial charge in [0.15, 0.2) is 0 Å². The highest BCUT2D eigenvalue weighted by Crippen LogP contribution is 2.44. The largest absolute Gasteiger partial charge is 0.361 e. The molecule has 1 atom stereocenters. The van der Waals surface area contributed by atoms with Crippen LogP contribution in [0.4, 0.5) is 0 Å². The van der Waals surface area contributed by atoms with Gasteiger partial charge in [-0.2, -0.15) is 0 Å². The zero-order valence-corrected chi connectivity index (χ0v) is 12.3. The number of hydrogen-bond donors (Lipinski definition) is 0. The third-order valence-electron chi connectivity index (χ3n) is 3.84. The van der Waals surface area contributed by atoms with Gasteiger partial charge in [-0.3, -0.25) is 0 Å². The fourth-order valence-electron chi connectivity index (χ4n) is 2.88. The summed E-state index contributed by atoms with van der Waals surface area (Å²) in [5, 5.41) is 0.897. The normalized spacial score (nSPS) is 21.4. The van der Waals surface area contributed by atoms with E-state index in [0.717, 1.165) is 18.2 Å². The Bertz CT molecular complexity index is 484. The second kappa shape index (κ2) is 5.48. The van der Waals surface area contributed by atoms with Crippen molar-refractivity contribution >= 4 is 15.9 Å². The average molecular weight is 317 g/mol. The van der Waals surface area contributed by atoms with Crippen molar-refractivity contribution in [2.75, 3.05) is 5.33 Å². The van der Waals surface area contributed by atoms with Gasteiger partial charge in [-0.25, -0.2) is 0 Å². The molecule has 0 saturated carbocycles. The molecule has 0 aromatic heterocycles. The van der Waals surface area contributed by atoms with Crippen molar-refractivity contribution in [2.24, 2.45) is 0 Å². The minimum Gasteiger partial charge on any atom is -0.361 e. The maximum absolute atomic E-state index is 6.42.